The molecule has 5 rings (SSSR count). The minimum atomic E-state index is 0.812. The molecule has 0 atom stereocenters. The predicted octanol–water partition coefficient (Wildman–Crippen LogP) is 4.56. The van der Waals surface area contributed by atoms with Crippen molar-refractivity contribution in [3.05, 3.63) is 59.5 Å². The largest absolute Gasteiger partial charge is 0.494 e. The molecule has 28 heavy (non-hydrogen) atoms. The molecule has 0 saturated carbocycles. The Hall–Kier alpha value is -3.21. The number of hydrogen-bond donors (Lipinski definition) is 0. The van der Waals surface area contributed by atoms with Gasteiger partial charge in [-0.3, -0.25) is 4.99 Å². The zero-order valence-corrected chi connectivity index (χ0v) is 16.1. The van der Waals surface area contributed by atoms with E-state index in [0.29, 0.717) is 0 Å². The average molecular weight is 370 g/mol. The van der Waals surface area contributed by atoms with Gasteiger partial charge >= 0.3 is 0 Å². The molecule has 0 fully saturated rings. The van der Waals surface area contributed by atoms with E-state index in [4.69, 9.17) is 14.7 Å². The van der Waals surface area contributed by atoms with Crippen molar-refractivity contribution in [2.75, 3.05) is 7.11 Å². The summed E-state index contributed by atoms with van der Waals surface area (Å²) >= 11 is 0. The normalized spacial score (nSPS) is 13.2. The number of aliphatic imine (C=N–C) groups is 1. The highest BCUT2D eigenvalue weighted by Gasteiger charge is 2.16. The third kappa shape index (κ3) is 2.74. The van der Waals surface area contributed by atoms with Crippen LogP contribution in [0.4, 0.5) is 5.69 Å². The third-order valence-corrected chi connectivity index (χ3v) is 5.53. The fourth-order valence-corrected chi connectivity index (χ4v) is 3.98. The summed E-state index contributed by atoms with van der Waals surface area (Å²) < 4.78 is 7.65. The Morgan fingerprint density at radius 1 is 1.00 bits per heavy atom. The molecule has 3 heterocycles. The molecule has 0 saturated heterocycles. The van der Waals surface area contributed by atoms with Gasteiger partial charge in [0.25, 0.3) is 0 Å². The molecule has 0 amide bonds. The van der Waals surface area contributed by atoms with Crippen LogP contribution in [-0.2, 0) is 26.3 Å². The molecule has 140 valence electrons. The van der Waals surface area contributed by atoms with Gasteiger partial charge in [-0.15, -0.1) is 0 Å². The van der Waals surface area contributed by atoms with Crippen molar-refractivity contribution in [2.24, 2.45) is 12.0 Å². The summed E-state index contributed by atoms with van der Waals surface area (Å²) in [7, 11) is 3.77. The maximum Gasteiger partial charge on any atom is 0.145 e. The van der Waals surface area contributed by atoms with Gasteiger partial charge < -0.3 is 9.30 Å². The number of rotatable bonds is 4. The Kier molecular flexibility index (Phi) is 4.08. The molecule has 5 heteroatoms. The van der Waals surface area contributed by atoms with Crippen LogP contribution in [-0.4, -0.2) is 27.9 Å². The summed E-state index contributed by atoms with van der Waals surface area (Å²) in [6, 6.07) is 14.6. The van der Waals surface area contributed by atoms with Crippen LogP contribution in [0.2, 0.25) is 0 Å². The Morgan fingerprint density at radius 2 is 1.93 bits per heavy atom. The van der Waals surface area contributed by atoms with Gasteiger partial charge in [0.05, 0.1) is 18.3 Å². The van der Waals surface area contributed by atoms with Crippen LogP contribution in [0.3, 0.4) is 0 Å². The molecule has 0 aliphatic carbocycles. The number of ether oxygens (including phenoxy) is 1. The molecule has 0 radical (unpaired) electrons. The van der Waals surface area contributed by atoms with Crippen molar-refractivity contribution in [1.82, 2.24) is 14.5 Å². The van der Waals surface area contributed by atoms with Crippen LogP contribution in [0, 0.1) is 0 Å². The van der Waals surface area contributed by atoms with E-state index in [1.807, 2.05) is 18.3 Å². The SMILES string of the molecule is COc1cccc2ccc(CCc3nc4c5c(ccc4n3C)CCC=N5)nc12. The molecule has 2 aromatic heterocycles. The monoisotopic (exact) mass is 370 g/mol. The third-order valence-electron chi connectivity index (χ3n) is 5.53. The molecule has 0 N–H and O–H groups in total. The van der Waals surface area contributed by atoms with Gasteiger partial charge in [0, 0.05) is 30.8 Å². The van der Waals surface area contributed by atoms with E-state index < -0.39 is 0 Å². The van der Waals surface area contributed by atoms with E-state index in [1.165, 1.54) is 5.56 Å². The minimum absolute atomic E-state index is 0.812. The summed E-state index contributed by atoms with van der Waals surface area (Å²) in [5, 5.41) is 1.09. The maximum absolute atomic E-state index is 5.46. The summed E-state index contributed by atoms with van der Waals surface area (Å²) in [5.41, 5.74) is 6.45. The minimum Gasteiger partial charge on any atom is -0.494 e. The lowest BCUT2D eigenvalue weighted by Crippen LogP contribution is -2.02. The molecule has 5 nitrogen and oxygen atoms in total. The van der Waals surface area contributed by atoms with Gasteiger partial charge in [-0.25, -0.2) is 9.97 Å². The standard InChI is InChI=1S/C23H22N4O/c1-27-18-12-9-16-6-4-14-24-22(16)23(18)26-20(27)13-11-17-10-8-15-5-3-7-19(28-2)21(15)25-17/h3,5,7-10,12,14H,4,6,11,13H2,1-2H3. The van der Waals surface area contributed by atoms with Crippen molar-refractivity contribution in [3.8, 4) is 5.75 Å². The average Bonchev–Trinajstić information content (AvgIpc) is 3.07. The zero-order chi connectivity index (χ0) is 19.1. The zero-order valence-electron chi connectivity index (χ0n) is 16.1. The lowest BCUT2D eigenvalue weighted by Gasteiger charge is -2.09. The van der Waals surface area contributed by atoms with Gasteiger partial charge in [-0.1, -0.05) is 24.3 Å². The molecule has 4 aromatic rings. The van der Waals surface area contributed by atoms with Gasteiger partial charge in [0.1, 0.15) is 22.6 Å². The van der Waals surface area contributed by atoms with E-state index in [0.717, 1.165) is 70.6 Å². The second-order valence-electron chi connectivity index (χ2n) is 7.21. The molecular weight excluding hydrogens is 348 g/mol. The molecule has 1 aliphatic heterocycles. The predicted molar refractivity (Wildman–Crippen MR) is 113 cm³/mol. The van der Waals surface area contributed by atoms with Crippen molar-refractivity contribution >= 4 is 33.8 Å². The van der Waals surface area contributed by atoms with Crippen molar-refractivity contribution < 1.29 is 4.74 Å². The Bertz CT molecular complexity index is 1220. The van der Waals surface area contributed by atoms with E-state index in [1.54, 1.807) is 7.11 Å². The summed E-state index contributed by atoms with van der Waals surface area (Å²) in [6.07, 6.45) is 5.72. The second-order valence-corrected chi connectivity index (χ2v) is 7.21. The van der Waals surface area contributed by atoms with Gasteiger partial charge in [-0.05, 0) is 43.0 Å². The van der Waals surface area contributed by atoms with E-state index in [-0.39, 0.29) is 0 Å². The van der Waals surface area contributed by atoms with Gasteiger partial charge in [-0.2, -0.15) is 0 Å². The number of fused-ring (bicyclic) bond motifs is 4. The van der Waals surface area contributed by atoms with Gasteiger partial charge in [0.2, 0.25) is 0 Å². The molecule has 2 aromatic carbocycles. The Balaban J connectivity index is 1.47. The highest BCUT2D eigenvalue weighted by Crippen LogP contribution is 2.33. The highest BCUT2D eigenvalue weighted by atomic mass is 16.5. The fraction of sp³-hybridized carbons (Fsp3) is 0.261. The molecule has 0 spiro atoms. The number of aromatic nitrogens is 3. The lowest BCUT2D eigenvalue weighted by molar-refractivity contribution is 0.419. The quantitative estimate of drug-likeness (QED) is 0.529. The van der Waals surface area contributed by atoms with Crippen LogP contribution < -0.4 is 4.74 Å². The number of benzene rings is 2. The highest BCUT2D eigenvalue weighted by molar-refractivity contribution is 5.92. The Labute approximate surface area is 163 Å². The Morgan fingerprint density at radius 3 is 2.82 bits per heavy atom. The number of methoxy groups -OCH3 is 1. The summed E-state index contributed by atoms with van der Waals surface area (Å²) in [6.45, 7) is 0. The fourth-order valence-electron chi connectivity index (χ4n) is 3.98. The second kappa shape index (κ2) is 6.75. The molecule has 1 aliphatic rings. The van der Waals surface area contributed by atoms with Crippen LogP contribution in [0.5, 0.6) is 5.75 Å². The first-order valence-corrected chi connectivity index (χ1v) is 9.67. The summed E-state index contributed by atoms with van der Waals surface area (Å²) in [4.78, 5) is 14.4. The van der Waals surface area contributed by atoms with Crippen molar-refractivity contribution in [1.29, 1.82) is 0 Å². The maximum atomic E-state index is 5.46. The first-order chi connectivity index (χ1) is 13.7. The topological polar surface area (TPSA) is 52.3 Å². The van der Waals surface area contributed by atoms with Crippen molar-refractivity contribution in [3.63, 3.8) is 0 Å². The van der Waals surface area contributed by atoms with E-state index in [2.05, 4.69) is 46.9 Å². The molecular formula is C23H22N4O. The lowest BCUT2D eigenvalue weighted by atomic mass is 10.0. The van der Waals surface area contributed by atoms with E-state index >= 15 is 0 Å². The summed E-state index contributed by atoms with van der Waals surface area (Å²) in [5.74, 6) is 1.87. The van der Waals surface area contributed by atoms with Gasteiger partial charge in [0.15, 0.2) is 0 Å². The number of pyridine rings is 1. The number of imidazole rings is 1. The van der Waals surface area contributed by atoms with E-state index in [9.17, 15) is 0 Å². The number of hydrogen-bond acceptors (Lipinski definition) is 4. The molecule has 0 bridgehead atoms. The number of nitrogens with zero attached hydrogens (tertiary/aromatic N) is 4. The van der Waals surface area contributed by atoms with Crippen LogP contribution >= 0.6 is 0 Å². The molecule has 0 unspecified atom stereocenters. The van der Waals surface area contributed by atoms with Crippen LogP contribution in [0.25, 0.3) is 21.9 Å². The first kappa shape index (κ1) is 16.9. The van der Waals surface area contributed by atoms with Crippen LogP contribution in [0.1, 0.15) is 23.5 Å². The number of aryl methyl sites for hydroxylation is 4. The smallest absolute Gasteiger partial charge is 0.145 e. The number of para-hydroxylation sites is 1. The van der Waals surface area contributed by atoms with Crippen molar-refractivity contribution in [2.45, 2.75) is 25.7 Å². The first-order valence-electron chi connectivity index (χ1n) is 9.67. The van der Waals surface area contributed by atoms with Crippen LogP contribution in [0.15, 0.2) is 47.5 Å².